The Morgan fingerprint density at radius 2 is 2.07 bits per heavy atom. The molecule has 2 aliphatic rings. The van der Waals surface area contributed by atoms with Gasteiger partial charge in [-0.1, -0.05) is 11.6 Å². The molecule has 2 aromatic rings. The summed E-state index contributed by atoms with van der Waals surface area (Å²) in [5.41, 5.74) is -0.199. The zero-order chi connectivity index (χ0) is 19.2. The predicted octanol–water partition coefficient (Wildman–Crippen LogP) is 3.26. The van der Waals surface area contributed by atoms with Crippen molar-refractivity contribution in [2.24, 2.45) is 0 Å². The molecule has 1 fully saturated rings. The summed E-state index contributed by atoms with van der Waals surface area (Å²) in [7, 11) is 0. The number of carbonyl (C=O) groups is 1. The molecule has 0 saturated carbocycles. The van der Waals surface area contributed by atoms with Crippen molar-refractivity contribution >= 4 is 23.3 Å². The van der Waals surface area contributed by atoms with Crippen molar-refractivity contribution in [1.82, 2.24) is 14.7 Å². The Balaban J connectivity index is 1.72. The van der Waals surface area contributed by atoms with E-state index in [9.17, 15) is 18.0 Å². The topological polar surface area (TPSA) is 72.5 Å². The third kappa shape index (κ3) is 3.27. The fourth-order valence-corrected chi connectivity index (χ4v) is 3.58. The highest BCUT2D eigenvalue weighted by molar-refractivity contribution is 6.36. The minimum absolute atomic E-state index is 0.0387. The zero-order valence-electron chi connectivity index (χ0n) is 14.0. The number of alkyl halides is 3. The van der Waals surface area contributed by atoms with E-state index in [0.717, 1.165) is 4.68 Å². The van der Waals surface area contributed by atoms with Gasteiger partial charge in [-0.2, -0.15) is 18.3 Å². The quantitative estimate of drug-likeness (QED) is 0.831. The molecule has 1 saturated heterocycles. The van der Waals surface area contributed by atoms with Crippen LogP contribution in [0.4, 0.5) is 19.0 Å². The number of aromatic nitrogens is 2. The molecule has 0 unspecified atom stereocenters. The third-order valence-corrected chi connectivity index (χ3v) is 5.04. The van der Waals surface area contributed by atoms with Gasteiger partial charge in [0.2, 0.25) is 0 Å². The standard InChI is InChI=1S/C16H16ClF3N4O3/c17-12-13(15(25)23-3-6-26-7-4-23)22-24-11(16(18,19)20)8-9(21-14(12)24)10-2-1-5-27-10/h1-2,5,9,11,21H,3-4,6-8H2/t9-,11+/m0/s1. The number of morpholine rings is 1. The van der Waals surface area contributed by atoms with Crippen molar-refractivity contribution < 1.29 is 27.1 Å². The van der Waals surface area contributed by atoms with Gasteiger partial charge in [0.05, 0.1) is 25.5 Å². The van der Waals surface area contributed by atoms with Crippen molar-refractivity contribution in [2.75, 3.05) is 31.6 Å². The van der Waals surface area contributed by atoms with Crippen LogP contribution in [0.5, 0.6) is 0 Å². The number of furan rings is 1. The van der Waals surface area contributed by atoms with Crippen molar-refractivity contribution in [3.05, 3.63) is 34.9 Å². The molecule has 146 valence electrons. The molecule has 2 aromatic heterocycles. The van der Waals surface area contributed by atoms with Crippen molar-refractivity contribution in [3.63, 3.8) is 0 Å². The fraction of sp³-hybridized carbons (Fsp3) is 0.500. The van der Waals surface area contributed by atoms with Gasteiger partial charge in [0, 0.05) is 19.5 Å². The van der Waals surface area contributed by atoms with Gasteiger partial charge >= 0.3 is 6.18 Å². The van der Waals surface area contributed by atoms with Crippen LogP contribution in [0, 0.1) is 0 Å². The predicted molar refractivity (Wildman–Crippen MR) is 88.7 cm³/mol. The Morgan fingerprint density at radius 1 is 1.33 bits per heavy atom. The van der Waals surface area contributed by atoms with Gasteiger partial charge in [0.15, 0.2) is 11.7 Å². The number of ether oxygens (including phenoxy) is 1. The number of carbonyl (C=O) groups excluding carboxylic acids is 1. The van der Waals surface area contributed by atoms with Gasteiger partial charge in [-0.3, -0.25) is 4.79 Å². The molecule has 0 spiro atoms. The third-order valence-electron chi connectivity index (χ3n) is 4.68. The number of amides is 1. The molecule has 0 radical (unpaired) electrons. The number of nitrogens with one attached hydrogen (secondary N) is 1. The van der Waals surface area contributed by atoms with Crippen molar-refractivity contribution in [1.29, 1.82) is 0 Å². The summed E-state index contributed by atoms with van der Waals surface area (Å²) in [5, 5.41) is 6.73. The lowest BCUT2D eigenvalue weighted by Crippen LogP contribution is -2.41. The second-order valence-electron chi connectivity index (χ2n) is 6.37. The summed E-state index contributed by atoms with van der Waals surface area (Å²) in [6.07, 6.45) is -3.50. The van der Waals surface area contributed by atoms with E-state index in [1.165, 1.54) is 11.2 Å². The molecule has 27 heavy (non-hydrogen) atoms. The molecule has 1 N–H and O–H groups in total. The molecular weight excluding hydrogens is 389 g/mol. The van der Waals surface area contributed by atoms with Crippen LogP contribution in [-0.4, -0.2) is 53.1 Å². The summed E-state index contributed by atoms with van der Waals surface area (Å²) >= 11 is 6.28. The van der Waals surface area contributed by atoms with Gasteiger partial charge in [-0.25, -0.2) is 4.68 Å². The maximum Gasteiger partial charge on any atom is 0.410 e. The number of halogens is 4. The summed E-state index contributed by atoms with van der Waals surface area (Å²) in [4.78, 5) is 14.2. The van der Waals surface area contributed by atoms with E-state index in [1.807, 2.05) is 0 Å². The lowest BCUT2D eigenvalue weighted by atomic mass is 10.0. The minimum Gasteiger partial charge on any atom is -0.467 e. The van der Waals surface area contributed by atoms with Crippen LogP contribution in [0.3, 0.4) is 0 Å². The minimum atomic E-state index is -4.56. The highest BCUT2D eigenvalue weighted by atomic mass is 35.5. The number of hydrogen-bond donors (Lipinski definition) is 1. The average Bonchev–Trinajstić information content (AvgIpc) is 3.29. The molecule has 0 aromatic carbocycles. The van der Waals surface area contributed by atoms with Gasteiger partial charge in [-0.15, -0.1) is 0 Å². The molecule has 1 amide bonds. The Morgan fingerprint density at radius 3 is 2.70 bits per heavy atom. The van der Waals surface area contributed by atoms with Crippen LogP contribution in [-0.2, 0) is 4.74 Å². The summed E-state index contributed by atoms with van der Waals surface area (Å²) in [6, 6.07) is 0.526. The normalized spacial score (nSPS) is 23.0. The van der Waals surface area contributed by atoms with Gasteiger partial charge in [-0.05, 0) is 12.1 Å². The Kier molecular flexibility index (Phi) is 4.55. The van der Waals surface area contributed by atoms with Crippen molar-refractivity contribution in [3.8, 4) is 0 Å². The van der Waals surface area contributed by atoms with E-state index < -0.39 is 24.2 Å². The molecule has 4 rings (SSSR count). The molecule has 2 aliphatic heterocycles. The van der Waals surface area contributed by atoms with E-state index in [2.05, 4.69) is 10.4 Å². The Bertz CT molecular complexity index is 831. The zero-order valence-corrected chi connectivity index (χ0v) is 14.8. The lowest BCUT2D eigenvalue weighted by Gasteiger charge is -2.32. The molecular formula is C16H16ClF3N4O3. The SMILES string of the molecule is O=C(c1nn2c(c1Cl)N[C@H](c1ccco1)C[C@@H]2C(F)(F)F)N1CCOCC1. The van der Waals surface area contributed by atoms with Crippen LogP contribution in [0.1, 0.15) is 34.8 Å². The first kappa shape index (κ1) is 18.2. The van der Waals surface area contributed by atoms with E-state index in [1.54, 1.807) is 12.1 Å². The number of nitrogens with zero attached hydrogens (tertiary/aromatic N) is 3. The molecule has 4 heterocycles. The van der Waals surface area contributed by atoms with E-state index in [-0.39, 0.29) is 23.0 Å². The summed E-state index contributed by atoms with van der Waals surface area (Å²) < 4.78 is 52.2. The maximum absolute atomic E-state index is 13.7. The van der Waals surface area contributed by atoms with E-state index >= 15 is 0 Å². The lowest BCUT2D eigenvalue weighted by molar-refractivity contribution is -0.174. The second-order valence-corrected chi connectivity index (χ2v) is 6.74. The monoisotopic (exact) mass is 404 g/mol. The second kappa shape index (κ2) is 6.75. The van der Waals surface area contributed by atoms with Gasteiger partial charge in [0.1, 0.15) is 16.6 Å². The average molecular weight is 405 g/mol. The number of anilines is 1. The number of rotatable bonds is 2. The highest BCUT2D eigenvalue weighted by Crippen LogP contribution is 2.46. The Labute approximate surface area is 157 Å². The first-order chi connectivity index (χ1) is 12.9. The highest BCUT2D eigenvalue weighted by Gasteiger charge is 2.48. The number of hydrogen-bond acceptors (Lipinski definition) is 5. The molecule has 0 bridgehead atoms. The van der Waals surface area contributed by atoms with Crippen LogP contribution in [0.2, 0.25) is 5.02 Å². The summed E-state index contributed by atoms with van der Waals surface area (Å²) in [5.74, 6) is -0.195. The van der Waals surface area contributed by atoms with Crippen LogP contribution >= 0.6 is 11.6 Å². The Hall–Kier alpha value is -2.20. The van der Waals surface area contributed by atoms with Crippen LogP contribution in [0.25, 0.3) is 0 Å². The number of fused-ring (bicyclic) bond motifs is 1. The van der Waals surface area contributed by atoms with Gasteiger partial charge in [0.25, 0.3) is 5.91 Å². The maximum atomic E-state index is 13.7. The molecule has 0 aliphatic carbocycles. The summed E-state index contributed by atoms with van der Waals surface area (Å²) in [6.45, 7) is 1.40. The largest absolute Gasteiger partial charge is 0.467 e. The van der Waals surface area contributed by atoms with Crippen molar-refractivity contribution in [2.45, 2.75) is 24.7 Å². The molecule has 11 heteroatoms. The molecule has 2 atom stereocenters. The van der Waals surface area contributed by atoms with Crippen LogP contribution < -0.4 is 5.32 Å². The molecule has 7 nitrogen and oxygen atoms in total. The smallest absolute Gasteiger partial charge is 0.410 e. The first-order valence-electron chi connectivity index (χ1n) is 8.38. The van der Waals surface area contributed by atoms with E-state index in [4.69, 9.17) is 20.8 Å². The van der Waals surface area contributed by atoms with Crippen LogP contribution in [0.15, 0.2) is 22.8 Å². The first-order valence-corrected chi connectivity index (χ1v) is 8.75. The van der Waals surface area contributed by atoms with E-state index in [0.29, 0.717) is 32.1 Å². The fourth-order valence-electron chi connectivity index (χ4n) is 3.32. The van der Waals surface area contributed by atoms with Gasteiger partial charge < -0.3 is 19.4 Å².